The molecule has 0 saturated carbocycles. The maximum absolute atomic E-state index is 11.9. The first-order valence-corrected chi connectivity index (χ1v) is 5.65. The van der Waals surface area contributed by atoms with E-state index < -0.39 is 0 Å². The number of anilines is 1. The lowest BCUT2D eigenvalue weighted by molar-refractivity contribution is 0.0954. The first kappa shape index (κ1) is 12.1. The number of pyridine rings is 1. The first-order chi connectivity index (χ1) is 8.65. The number of nitrogens with two attached hydrogens (primary N) is 1. The lowest BCUT2D eigenvalue weighted by Gasteiger charge is -2.05. The Kier molecular flexibility index (Phi) is 3.57. The van der Waals surface area contributed by atoms with Crippen LogP contribution >= 0.6 is 0 Å². The van der Waals surface area contributed by atoms with E-state index in [9.17, 15) is 4.79 Å². The van der Waals surface area contributed by atoms with E-state index in [4.69, 9.17) is 5.73 Å². The van der Waals surface area contributed by atoms with Gasteiger partial charge in [0.1, 0.15) is 5.82 Å². The highest BCUT2D eigenvalue weighted by Gasteiger charge is 2.07. The Hall–Kier alpha value is -2.37. The molecule has 1 amide bonds. The summed E-state index contributed by atoms with van der Waals surface area (Å²) < 4.78 is 0. The number of imidazole rings is 1. The lowest BCUT2D eigenvalue weighted by atomic mass is 10.2. The molecule has 94 valence electrons. The largest absolute Gasteiger partial charge is 0.384 e. The molecule has 2 rings (SSSR count). The SMILES string of the molecule is Cc1cc(C(=O)NCCc2cnc[nH]2)cc(N)n1. The van der Waals surface area contributed by atoms with Gasteiger partial charge in [-0.3, -0.25) is 4.79 Å². The zero-order chi connectivity index (χ0) is 13.0. The monoisotopic (exact) mass is 245 g/mol. The zero-order valence-electron chi connectivity index (χ0n) is 10.1. The van der Waals surface area contributed by atoms with Gasteiger partial charge in [0, 0.05) is 36.1 Å². The van der Waals surface area contributed by atoms with Crippen LogP contribution in [0.4, 0.5) is 5.82 Å². The molecular formula is C12H15N5O. The van der Waals surface area contributed by atoms with Crippen molar-refractivity contribution in [2.24, 2.45) is 0 Å². The number of H-pyrrole nitrogens is 1. The van der Waals surface area contributed by atoms with Crippen LogP contribution in [-0.2, 0) is 6.42 Å². The molecule has 4 N–H and O–H groups in total. The van der Waals surface area contributed by atoms with Crippen molar-refractivity contribution in [3.05, 3.63) is 41.6 Å². The van der Waals surface area contributed by atoms with Crippen molar-refractivity contribution < 1.29 is 4.79 Å². The van der Waals surface area contributed by atoms with Crippen molar-refractivity contribution in [2.45, 2.75) is 13.3 Å². The second-order valence-electron chi connectivity index (χ2n) is 4.00. The predicted molar refractivity (Wildman–Crippen MR) is 68.0 cm³/mol. The summed E-state index contributed by atoms with van der Waals surface area (Å²) in [5.41, 5.74) is 7.85. The number of hydrogen-bond acceptors (Lipinski definition) is 4. The van der Waals surface area contributed by atoms with Gasteiger partial charge in [0.15, 0.2) is 0 Å². The summed E-state index contributed by atoms with van der Waals surface area (Å²) in [4.78, 5) is 22.8. The second kappa shape index (κ2) is 5.31. The topological polar surface area (TPSA) is 96.7 Å². The summed E-state index contributed by atoms with van der Waals surface area (Å²) in [6, 6.07) is 3.28. The van der Waals surface area contributed by atoms with Crippen LogP contribution in [-0.4, -0.2) is 27.4 Å². The van der Waals surface area contributed by atoms with Crippen LogP contribution in [0.5, 0.6) is 0 Å². The summed E-state index contributed by atoms with van der Waals surface area (Å²) >= 11 is 0. The Labute approximate surface area is 105 Å². The Morgan fingerprint density at radius 2 is 2.33 bits per heavy atom. The van der Waals surface area contributed by atoms with Crippen LogP contribution in [0.1, 0.15) is 21.7 Å². The Morgan fingerprint density at radius 1 is 1.50 bits per heavy atom. The molecule has 0 aliphatic rings. The summed E-state index contributed by atoms with van der Waals surface area (Å²) in [7, 11) is 0. The fraction of sp³-hybridized carbons (Fsp3) is 0.250. The van der Waals surface area contributed by atoms with Gasteiger partial charge in [-0.1, -0.05) is 0 Å². The molecule has 0 atom stereocenters. The number of carbonyl (C=O) groups excluding carboxylic acids is 1. The van der Waals surface area contributed by atoms with E-state index in [1.807, 2.05) is 0 Å². The number of aromatic nitrogens is 3. The molecule has 0 aliphatic heterocycles. The average Bonchev–Trinajstić information content (AvgIpc) is 2.80. The Morgan fingerprint density at radius 3 is 3.00 bits per heavy atom. The van der Waals surface area contributed by atoms with Crippen LogP contribution in [0.15, 0.2) is 24.7 Å². The van der Waals surface area contributed by atoms with E-state index in [0.29, 0.717) is 24.3 Å². The van der Waals surface area contributed by atoms with Crippen molar-refractivity contribution >= 4 is 11.7 Å². The molecule has 0 spiro atoms. The fourth-order valence-electron chi connectivity index (χ4n) is 1.66. The van der Waals surface area contributed by atoms with Crippen molar-refractivity contribution in [2.75, 3.05) is 12.3 Å². The summed E-state index contributed by atoms with van der Waals surface area (Å²) in [6.07, 6.45) is 4.07. The molecule has 0 aromatic carbocycles. The smallest absolute Gasteiger partial charge is 0.251 e. The number of aromatic amines is 1. The minimum Gasteiger partial charge on any atom is -0.384 e. The van der Waals surface area contributed by atoms with Gasteiger partial charge < -0.3 is 16.0 Å². The summed E-state index contributed by atoms with van der Waals surface area (Å²) in [5, 5.41) is 2.82. The fourth-order valence-corrected chi connectivity index (χ4v) is 1.66. The molecule has 2 aromatic heterocycles. The third-order valence-electron chi connectivity index (χ3n) is 2.47. The van der Waals surface area contributed by atoms with Crippen molar-refractivity contribution in [3.63, 3.8) is 0 Å². The van der Waals surface area contributed by atoms with Crippen LogP contribution in [0, 0.1) is 6.92 Å². The number of amides is 1. The third kappa shape index (κ3) is 3.07. The molecule has 6 heteroatoms. The Bertz CT molecular complexity index is 515. The van der Waals surface area contributed by atoms with Gasteiger partial charge in [-0.05, 0) is 19.1 Å². The summed E-state index contributed by atoms with van der Waals surface area (Å²) in [5.74, 6) is 0.209. The van der Waals surface area contributed by atoms with Crippen LogP contribution in [0.2, 0.25) is 0 Å². The van der Waals surface area contributed by atoms with Gasteiger partial charge in [0.25, 0.3) is 5.91 Å². The molecule has 0 radical (unpaired) electrons. The highest BCUT2D eigenvalue weighted by molar-refractivity contribution is 5.94. The van der Waals surface area contributed by atoms with E-state index in [-0.39, 0.29) is 5.91 Å². The standard InChI is InChI=1S/C12H15N5O/c1-8-4-9(5-11(13)17-8)12(18)15-3-2-10-6-14-7-16-10/h4-7H,2-3H2,1H3,(H2,13,17)(H,14,16)(H,15,18). The highest BCUT2D eigenvalue weighted by Crippen LogP contribution is 2.06. The van der Waals surface area contributed by atoms with Gasteiger partial charge in [0.05, 0.1) is 6.33 Å². The molecule has 0 fully saturated rings. The Balaban J connectivity index is 1.91. The molecule has 2 heterocycles. The predicted octanol–water partition coefficient (Wildman–Crippen LogP) is 0.668. The van der Waals surface area contributed by atoms with E-state index in [1.54, 1.807) is 31.6 Å². The second-order valence-corrected chi connectivity index (χ2v) is 4.00. The van der Waals surface area contributed by atoms with Crippen LogP contribution in [0.25, 0.3) is 0 Å². The minimum atomic E-state index is -0.147. The van der Waals surface area contributed by atoms with Gasteiger partial charge in [-0.15, -0.1) is 0 Å². The third-order valence-corrected chi connectivity index (χ3v) is 2.47. The number of nitrogen functional groups attached to an aromatic ring is 1. The minimum absolute atomic E-state index is 0.147. The number of rotatable bonds is 4. The zero-order valence-corrected chi connectivity index (χ0v) is 10.1. The van der Waals surface area contributed by atoms with Crippen molar-refractivity contribution in [1.29, 1.82) is 0 Å². The molecule has 2 aromatic rings. The lowest BCUT2D eigenvalue weighted by Crippen LogP contribution is -2.26. The van der Waals surface area contributed by atoms with E-state index in [1.165, 1.54) is 0 Å². The number of nitrogens with zero attached hydrogens (tertiary/aromatic N) is 2. The van der Waals surface area contributed by atoms with Gasteiger partial charge >= 0.3 is 0 Å². The average molecular weight is 245 g/mol. The molecule has 18 heavy (non-hydrogen) atoms. The quantitative estimate of drug-likeness (QED) is 0.737. The van der Waals surface area contributed by atoms with Gasteiger partial charge in [-0.25, -0.2) is 9.97 Å². The highest BCUT2D eigenvalue weighted by atomic mass is 16.1. The molecule has 0 bridgehead atoms. The van der Waals surface area contributed by atoms with E-state index in [0.717, 1.165) is 11.4 Å². The molecule has 6 nitrogen and oxygen atoms in total. The van der Waals surface area contributed by atoms with Crippen LogP contribution < -0.4 is 11.1 Å². The van der Waals surface area contributed by atoms with E-state index >= 15 is 0 Å². The number of hydrogen-bond donors (Lipinski definition) is 3. The molecule has 0 unspecified atom stereocenters. The maximum atomic E-state index is 11.9. The maximum Gasteiger partial charge on any atom is 0.251 e. The van der Waals surface area contributed by atoms with Crippen LogP contribution in [0.3, 0.4) is 0 Å². The number of aryl methyl sites for hydroxylation is 1. The van der Waals surface area contributed by atoms with Crippen molar-refractivity contribution in [3.8, 4) is 0 Å². The normalized spacial score (nSPS) is 10.3. The number of carbonyl (C=O) groups is 1. The molecule has 0 saturated heterocycles. The number of nitrogens with one attached hydrogen (secondary N) is 2. The first-order valence-electron chi connectivity index (χ1n) is 5.65. The van der Waals surface area contributed by atoms with E-state index in [2.05, 4.69) is 20.3 Å². The molecular weight excluding hydrogens is 230 g/mol. The van der Waals surface area contributed by atoms with Crippen molar-refractivity contribution in [1.82, 2.24) is 20.3 Å². The molecule has 0 aliphatic carbocycles. The van der Waals surface area contributed by atoms with Gasteiger partial charge in [0.2, 0.25) is 0 Å². The van der Waals surface area contributed by atoms with Gasteiger partial charge in [-0.2, -0.15) is 0 Å². The summed E-state index contributed by atoms with van der Waals surface area (Å²) in [6.45, 7) is 2.35.